The van der Waals surface area contributed by atoms with Gasteiger partial charge in [-0.15, -0.1) is 13.2 Å². The lowest BCUT2D eigenvalue weighted by Gasteiger charge is -2.26. The van der Waals surface area contributed by atoms with E-state index < -0.39 is 57.1 Å². The Hall–Kier alpha value is -3.07. The summed E-state index contributed by atoms with van der Waals surface area (Å²) in [5.74, 6) is -1.46. The van der Waals surface area contributed by atoms with E-state index in [2.05, 4.69) is 20.4 Å². The molecule has 1 fully saturated rings. The van der Waals surface area contributed by atoms with Crippen LogP contribution in [0.2, 0.25) is 10.0 Å². The predicted molar refractivity (Wildman–Crippen MR) is 151 cm³/mol. The zero-order valence-electron chi connectivity index (χ0n) is 22.4. The van der Waals surface area contributed by atoms with Crippen LogP contribution < -0.4 is 26.6 Å². The molecular weight excluding hydrogens is 624 g/mol. The van der Waals surface area contributed by atoms with E-state index in [1.807, 2.05) is 0 Å². The van der Waals surface area contributed by atoms with Crippen molar-refractivity contribution in [1.29, 1.82) is 0 Å². The van der Waals surface area contributed by atoms with E-state index in [1.165, 1.54) is 32.0 Å². The number of rotatable bonds is 9. The van der Waals surface area contributed by atoms with Gasteiger partial charge in [0.1, 0.15) is 5.75 Å². The van der Waals surface area contributed by atoms with Crippen LogP contribution in [0.5, 0.6) is 5.75 Å². The number of ether oxygens (including phenoxy) is 1. The Morgan fingerprint density at radius 3 is 2.55 bits per heavy atom. The minimum atomic E-state index is -5.16. The van der Waals surface area contributed by atoms with Crippen LogP contribution in [0.15, 0.2) is 38.8 Å². The maximum Gasteiger partial charge on any atom is 0.573 e. The van der Waals surface area contributed by atoms with E-state index >= 15 is 0 Å². The third-order valence-corrected chi connectivity index (χ3v) is 9.45. The molecule has 4 rings (SSSR count). The molecule has 2 aromatic carbocycles. The molecule has 0 bridgehead atoms. The second kappa shape index (κ2) is 12.3. The first-order chi connectivity index (χ1) is 19.6. The number of alkyl halides is 3. The van der Waals surface area contributed by atoms with E-state index in [9.17, 15) is 36.0 Å². The lowest BCUT2D eigenvalue weighted by Crippen LogP contribution is -2.48. The van der Waals surface area contributed by atoms with Gasteiger partial charge in [-0.25, -0.2) is 13.2 Å². The number of hydrogen-bond acceptors (Lipinski definition) is 7. The molecule has 10 nitrogen and oxygen atoms in total. The zero-order chi connectivity index (χ0) is 31.0. The maximum absolute atomic E-state index is 13.5. The molecule has 16 heteroatoms. The highest BCUT2D eigenvalue weighted by atomic mass is 35.5. The third kappa shape index (κ3) is 6.93. The monoisotopic (exact) mass is 650 g/mol. The number of benzene rings is 2. The van der Waals surface area contributed by atoms with Crippen LogP contribution in [-0.4, -0.2) is 54.6 Å². The Bertz CT molecular complexity index is 1750. The average Bonchev–Trinajstić information content (AvgIpc) is 3.43. The van der Waals surface area contributed by atoms with Gasteiger partial charge in [-0.3, -0.25) is 14.2 Å². The number of H-pyrrole nitrogens is 1. The Labute approximate surface area is 248 Å². The standard InChI is InChI=1S/C26H27Cl2F3N4O6S/c1-3-42(39,40)21-7-6-15(27)9-14(21)12-35-24(37)17-11-20(41-26(29,30)31)16(22(28)23(17)34-25(35)38)10-19(33-13(2)36)18-5-4-8-32-18/h6-7,9,11,18-19,32H,3-5,8,10,12H2,1-2H3,(H,33,36)(H,34,38)/t18?,19-/m0/s1. The van der Waals surface area contributed by atoms with Gasteiger partial charge < -0.3 is 20.4 Å². The Balaban J connectivity index is 1.90. The molecule has 42 heavy (non-hydrogen) atoms. The highest BCUT2D eigenvalue weighted by Gasteiger charge is 2.35. The maximum atomic E-state index is 13.5. The molecule has 228 valence electrons. The van der Waals surface area contributed by atoms with Crippen molar-refractivity contribution in [3.63, 3.8) is 0 Å². The summed E-state index contributed by atoms with van der Waals surface area (Å²) in [5, 5.41) is 5.30. The van der Waals surface area contributed by atoms with Crippen molar-refractivity contribution < 1.29 is 31.1 Å². The molecule has 1 saturated heterocycles. The third-order valence-electron chi connectivity index (χ3n) is 6.97. The molecule has 1 aliphatic heterocycles. The number of fused-ring (bicyclic) bond motifs is 1. The smallest absolute Gasteiger partial charge is 0.405 e. The van der Waals surface area contributed by atoms with E-state index in [1.54, 1.807) is 0 Å². The molecule has 2 heterocycles. The summed E-state index contributed by atoms with van der Waals surface area (Å²) in [6.45, 7) is 2.79. The average molecular weight is 651 g/mol. The van der Waals surface area contributed by atoms with Crippen molar-refractivity contribution >= 4 is 49.8 Å². The summed E-state index contributed by atoms with van der Waals surface area (Å²) in [7, 11) is -3.79. The quantitative estimate of drug-likeness (QED) is 0.322. The van der Waals surface area contributed by atoms with Crippen molar-refractivity contribution in [2.75, 3.05) is 12.3 Å². The first kappa shape index (κ1) is 31.9. The van der Waals surface area contributed by atoms with Crippen molar-refractivity contribution in [2.24, 2.45) is 0 Å². The van der Waals surface area contributed by atoms with E-state index in [0.29, 0.717) is 17.5 Å². The number of halogens is 5. The molecule has 1 aromatic heterocycles. The van der Waals surface area contributed by atoms with E-state index in [4.69, 9.17) is 23.2 Å². The molecule has 0 saturated carbocycles. The van der Waals surface area contributed by atoms with Gasteiger partial charge in [-0.2, -0.15) is 0 Å². The SMILES string of the molecule is CCS(=O)(=O)c1ccc(Cl)cc1Cn1c(=O)[nH]c2c(Cl)c(C[C@H](NC(C)=O)C3CCCN3)c(OC(F)(F)F)cc2c1=O. The molecule has 2 atom stereocenters. The Kier molecular flexibility index (Phi) is 9.31. The molecule has 0 spiro atoms. The number of nitrogens with one attached hydrogen (secondary N) is 3. The minimum Gasteiger partial charge on any atom is -0.405 e. The second-order valence-corrected chi connectivity index (χ2v) is 12.9. The van der Waals surface area contributed by atoms with Crippen LogP contribution in [0, 0.1) is 0 Å². The molecule has 0 aliphatic carbocycles. The number of aromatic nitrogens is 2. The largest absolute Gasteiger partial charge is 0.573 e. The lowest BCUT2D eigenvalue weighted by molar-refractivity contribution is -0.274. The summed E-state index contributed by atoms with van der Waals surface area (Å²) < 4.78 is 70.7. The van der Waals surface area contributed by atoms with E-state index in [0.717, 1.165) is 12.5 Å². The number of carbonyl (C=O) groups is 1. The number of sulfone groups is 1. The van der Waals surface area contributed by atoms with Crippen molar-refractivity contribution in [3.05, 3.63) is 66.3 Å². The van der Waals surface area contributed by atoms with Crippen LogP contribution in [0.3, 0.4) is 0 Å². The van der Waals surface area contributed by atoms with Gasteiger partial charge in [0.05, 0.1) is 33.1 Å². The first-order valence-electron chi connectivity index (χ1n) is 12.9. The van der Waals surface area contributed by atoms with Crippen molar-refractivity contribution in [2.45, 2.75) is 63.0 Å². The summed E-state index contributed by atoms with van der Waals surface area (Å²) in [4.78, 5) is 40.8. The fourth-order valence-electron chi connectivity index (χ4n) is 5.05. The number of nitrogens with zero attached hydrogens (tertiary/aromatic N) is 1. The number of carbonyl (C=O) groups excluding carboxylic acids is 1. The van der Waals surface area contributed by atoms with Crippen molar-refractivity contribution in [1.82, 2.24) is 20.2 Å². The minimum absolute atomic E-state index is 0.0352. The fourth-order valence-corrected chi connectivity index (χ4v) is 6.67. The highest BCUT2D eigenvalue weighted by Crippen LogP contribution is 2.37. The molecule has 1 unspecified atom stereocenters. The first-order valence-corrected chi connectivity index (χ1v) is 15.3. The van der Waals surface area contributed by atoms with Gasteiger partial charge in [0, 0.05) is 29.6 Å². The zero-order valence-corrected chi connectivity index (χ0v) is 24.7. The van der Waals surface area contributed by atoms with Gasteiger partial charge in [-0.1, -0.05) is 30.1 Å². The van der Waals surface area contributed by atoms with Crippen LogP contribution in [0.1, 0.15) is 37.8 Å². The molecule has 3 N–H and O–H groups in total. The molecule has 3 aromatic rings. The van der Waals surface area contributed by atoms with Gasteiger partial charge in [0.2, 0.25) is 5.91 Å². The highest BCUT2D eigenvalue weighted by molar-refractivity contribution is 7.91. The number of hydrogen-bond donors (Lipinski definition) is 3. The number of amides is 1. The van der Waals surface area contributed by atoms with E-state index in [-0.39, 0.29) is 49.8 Å². The summed E-state index contributed by atoms with van der Waals surface area (Å²) in [6, 6.07) is 3.77. The summed E-state index contributed by atoms with van der Waals surface area (Å²) in [6.07, 6.45) is -3.93. The Morgan fingerprint density at radius 1 is 1.24 bits per heavy atom. The molecule has 1 amide bonds. The van der Waals surface area contributed by atoms with Crippen LogP contribution >= 0.6 is 23.2 Å². The second-order valence-electron chi connectivity index (χ2n) is 9.83. The summed E-state index contributed by atoms with van der Waals surface area (Å²) in [5.41, 5.74) is -2.40. The van der Waals surface area contributed by atoms with Gasteiger partial charge in [0.25, 0.3) is 5.56 Å². The van der Waals surface area contributed by atoms with Gasteiger partial charge in [0.15, 0.2) is 9.84 Å². The van der Waals surface area contributed by atoms with Crippen LogP contribution in [0.25, 0.3) is 10.9 Å². The molecule has 0 radical (unpaired) electrons. The topological polar surface area (TPSA) is 139 Å². The lowest BCUT2D eigenvalue weighted by atomic mass is 9.96. The van der Waals surface area contributed by atoms with Crippen LogP contribution in [0.4, 0.5) is 13.2 Å². The molecular formula is C26H27Cl2F3N4O6S. The number of aromatic amines is 1. The fraction of sp³-hybridized carbons (Fsp3) is 0.423. The normalized spacial score (nSPS) is 16.5. The molecule has 1 aliphatic rings. The van der Waals surface area contributed by atoms with Gasteiger partial charge in [-0.05, 0) is 55.6 Å². The predicted octanol–water partition coefficient (Wildman–Crippen LogP) is 3.54. The summed E-state index contributed by atoms with van der Waals surface area (Å²) >= 11 is 12.6. The van der Waals surface area contributed by atoms with Crippen molar-refractivity contribution in [3.8, 4) is 5.75 Å². The van der Waals surface area contributed by atoms with Crippen LogP contribution in [-0.2, 0) is 27.6 Å². The Morgan fingerprint density at radius 2 is 1.95 bits per heavy atom. The van der Waals surface area contributed by atoms with Gasteiger partial charge >= 0.3 is 12.1 Å².